The van der Waals surface area contributed by atoms with Gasteiger partial charge in [0.05, 0.1) is 32.3 Å². The summed E-state index contributed by atoms with van der Waals surface area (Å²) in [4.78, 5) is 12.7. The Morgan fingerprint density at radius 2 is 1.67 bits per heavy atom. The number of likely N-dealkylation sites (N-methyl/N-ethyl adjacent to an activating group) is 1. The number of hydrogen-bond donors (Lipinski definition) is 0. The van der Waals surface area contributed by atoms with Crippen LogP contribution in [0.25, 0.3) is 0 Å². The molecule has 0 amide bonds. The predicted molar refractivity (Wildman–Crippen MR) is 102 cm³/mol. The van der Waals surface area contributed by atoms with Crippen LogP contribution in [0.1, 0.15) is 41.8 Å². The second kappa shape index (κ2) is 10.1. The first-order valence-electron chi connectivity index (χ1n) is 9.42. The third-order valence-corrected chi connectivity index (χ3v) is 5.07. The number of halogens is 1. The Balaban J connectivity index is 0.00000261. The molecule has 1 heterocycles. The molecular weight excluding hydrogens is 453 g/mol. The molecular formula is C22H28INO3. The van der Waals surface area contributed by atoms with E-state index in [4.69, 9.17) is 9.47 Å². The number of ether oxygens (including phenoxy) is 2. The third kappa shape index (κ3) is 5.94. The van der Waals surface area contributed by atoms with E-state index in [9.17, 15) is 4.79 Å². The summed E-state index contributed by atoms with van der Waals surface area (Å²) in [6.45, 7) is 5.64. The van der Waals surface area contributed by atoms with Crippen molar-refractivity contribution in [1.29, 1.82) is 0 Å². The fourth-order valence-corrected chi connectivity index (χ4v) is 3.61. The van der Waals surface area contributed by atoms with Gasteiger partial charge >= 0.3 is 5.97 Å². The molecule has 1 saturated heterocycles. The van der Waals surface area contributed by atoms with Gasteiger partial charge in [0, 0.05) is 12.8 Å². The number of likely N-dealkylation sites (tertiary alicyclic amines) is 1. The number of quaternary nitrogens is 1. The van der Waals surface area contributed by atoms with Crippen LogP contribution in [0, 0.1) is 0 Å². The third-order valence-electron chi connectivity index (χ3n) is 5.07. The van der Waals surface area contributed by atoms with E-state index in [0.717, 1.165) is 35.4 Å². The molecule has 5 heteroatoms. The van der Waals surface area contributed by atoms with Gasteiger partial charge in [0.2, 0.25) is 0 Å². The molecule has 0 spiro atoms. The molecule has 4 nitrogen and oxygen atoms in total. The Hall–Kier alpha value is -1.60. The van der Waals surface area contributed by atoms with E-state index in [2.05, 4.69) is 7.05 Å². The molecule has 1 unspecified atom stereocenters. The zero-order valence-corrected chi connectivity index (χ0v) is 18.2. The van der Waals surface area contributed by atoms with Gasteiger partial charge in [-0.3, -0.25) is 0 Å². The van der Waals surface area contributed by atoms with Crippen LogP contribution in [0.2, 0.25) is 0 Å². The Kier molecular flexibility index (Phi) is 8.10. The number of nitrogens with zero attached hydrogens (tertiary/aromatic N) is 1. The topological polar surface area (TPSA) is 35.5 Å². The normalized spacial score (nSPS) is 16.2. The summed E-state index contributed by atoms with van der Waals surface area (Å²) >= 11 is 0. The van der Waals surface area contributed by atoms with Gasteiger partial charge in [-0.05, 0) is 36.8 Å². The lowest BCUT2D eigenvalue weighted by molar-refractivity contribution is -0.901. The summed E-state index contributed by atoms with van der Waals surface area (Å²) < 4.78 is 12.3. The summed E-state index contributed by atoms with van der Waals surface area (Å²) in [5.41, 5.74) is 1.61. The number of esters is 1. The van der Waals surface area contributed by atoms with Crippen LogP contribution in [-0.4, -0.2) is 43.7 Å². The highest BCUT2D eigenvalue weighted by atomic mass is 127. The van der Waals surface area contributed by atoms with Crippen LogP contribution in [0.15, 0.2) is 54.6 Å². The van der Waals surface area contributed by atoms with Gasteiger partial charge in [-0.2, -0.15) is 0 Å². The fourth-order valence-electron chi connectivity index (χ4n) is 3.61. The summed E-state index contributed by atoms with van der Waals surface area (Å²) in [7, 11) is 2.26. The lowest BCUT2D eigenvalue weighted by Crippen LogP contribution is -3.00. The minimum atomic E-state index is -0.285. The smallest absolute Gasteiger partial charge is 0.338 e. The van der Waals surface area contributed by atoms with Crippen molar-refractivity contribution in [3.63, 3.8) is 0 Å². The Morgan fingerprint density at radius 1 is 1.04 bits per heavy atom. The SMILES string of the molecule is CCOc1ccc(C(=O)OC(C[N+]2(C)CCCC2)c2ccccc2)cc1.[I-]. The number of hydrogen-bond acceptors (Lipinski definition) is 3. The minimum absolute atomic E-state index is 0. The molecule has 146 valence electrons. The lowest BCUT2D eigenvalue weighted by Gasteiger charge is -2.33. The first-order chi connectivity index (χ1) is 12.6. The summed E-state index contributed by atoms with van der Waals surface area (Å²) in [5, 5.41) is 0. The van der Waals surface area contributed by atoms with Crippen molar-refractivity contribution >= 4 is 5.97 Å². The maximum absolute atomic E-state index is 12.7. The van der Waals surface area contributed by atoms with Crippen molar-refractivity contribution < 1.29 is 42.7 Å². The standard InChI is InChI=1S/C22H28NO3.HI/c1-3-25-20-13-11-19(12-14-20)22(24)26-21(18-9-5-4-6-10-18)17-23(2)15-7-8-16-23;/h4-6,9-14,21H,3,7-8,15-17H2,1-2H3;1H/q+1;/p-1. The first-order valence-corrected chi connectivity index (χ1v) is 9.42. The van der Waals surface area contributed by atoms with E-state index < -0.39 is 0 Å². The van der Waals surface area contributed by atoms with E-state index in [1.165, 1.54) is 12.8 Å². The van der Waals surface area contributed by atoms with E-state index in [1.54, 1.807) is 12.1 Å². The molecule has 0 bridgehead atoms. The van der Waals surface area contributed by atoms with Gasteiger partial charge in [0.25, 0.3) is 0 Å². The van der Waals surface area contributed by atoms with Crippen molar-refractivity contribution in [3.05, 3.63) is 65.7 Å². The highest BCUT2D eigenvalue weighted by Gasteiger charge is 2.33. The molecule has 0 radical (unpaired) electrons. The van der Waals surface area contributed by atoms with Crippen LogP contribution in [0.5, 0.6) is 5.75 Å². The Bertz CT molecular complexity index is 712. The lowest BCUT2D eigenvalue weighted by atomic mass is 10.1. The summed E-state index contributed by atoms with van der Waals surface area (Å²) in [5.74, 6) is 0.478. The van der Waals surface area contributed by atoms with Crippen molar-refractivity contribution in [3.8, 4) is 5.75 Å². The van der Waals surface area contributed by atoms with Gasteiger partial charge in [0.15, 0.2) is 6.10 Å². The molecule has 27 heavy (non-hydrogen) atoms. The molecule has 1 aliphatic rings. The van der Waals surface area contributed by atoms with Crippen molar-refractivity contribution in [2.24, 2.45) is 0 Å². The van der Waals surface area contributed by atoms with Gasteiger partial charge in [-0.1, -0.05) is 30.3 Å². The van der Waals surface area contributed by atoms with Gasteiger partial charge in [-0.15, -0.1) is 0 Å². The molecule has 1 fully saturated rings. The summed E-state index contributed by atoms with van der Waals surface area (Å²) in [6, 6.07) is 17.2. The quantitative estimate of drug-likeness (QED) is 0.339. The monoisotopic (exact) mass is 481 g/mol. The van der Waals surface area contributed by atoms with Crippen LogP contribution < -0.4 is 28.7 Å². The fraction of sp³-hybridized carbons (Fsp3) is 0.409. The molecule has 1 atom stereocenters. The average molecular weight is 481 g/mol. The largest absolute Gasteiger partial charge is 1.00 e. The van der Waals surface area contributed by atoms with Gasteiger partial charge < -0.3 is 37.9 Å². The Labute approximate surface area is 179 Å². The maximum atomic E-state index is 12.7. The second-order valence-electron chi connectivity index (χ2n) is 7.22. The zero-order valence-electron chi connectivity index (χ0n) is 16.1. The molecule has 0 saturated carbocycles. The van der Waals surface area contributed by atoms with E-state index in [0.29, 0.717) is 12.2 Å². The number of carbonyl (C=O) groups excluding carboxylic acids is 1. The highest BCUT2D eigenvalue weighted by molar-refractivity contribution is 5.89. The van der Waals surface area contributed by atoms with E-state index in [-0.39, 0.29) is 36.0 Å². The zero-order chi connectivity index (χ0) is 18.4. The minimum Gasteiger partial charge on any atom is -1.00 e. The molecule has 2 aromatic carbocycles. The van der Waals surface area contributed by atoms with Gasteiger partial charge in [0.1, 0.15) is 12.3 Å². The summed E-state index contributed by atoms with van der Waals surface area (Å²) in [6.07, 6.45) is 2.24. The number of rotatable bonds is 7. The van der Waals surface area contributed by atoms with Crippen LogP contribution >= 0.6 is 0 Å². The maximum Gasteiger partial charge on any atom is 0.338 e. The average Bonchev–Trinajstić information content (AvgIpc) is 3.09. The predicted octanol–water partition coefficient (Wildman–Crippen LogP) is 1.23. The first kappa shape index (κ1) is 21.7. The Morgan fingerprint density at radius 3 is 2.26 bits per heavy atom. The van der Waals surface area contributed by atoms with Crippen LogP contribution in [0.4, 0.5) is 0 Å². The van der Waals surface area contributed by atoms with Crippen LogP contribution in [0.3, 0.4) is 0 Å². The van der Waals surface area contributed by atoms with E-state index >= 15 is 0 Å². The molecule has 0 aliphatic carbocycles. The molecule has 1 aliphatic heterocycles. The van der Waals surface area contributed by atoms with Gasteiger partial charge in [-0.25, -0.2) is 4.79 Å². The van der Waals surface area contributed by atoms with Crippen molar-refractivity contribution in [2.75, 3.05) is 33.3 Å². The highest BCUT2D eigenvalue weighted by Crippen LogP contribution is 2.27. The second-order valence-corrected chi connectivity index (χ2v) is 7.22. The number of carbonyl (C=O) groups is 1. The van der Waals surface area contributed by atoms with Crippen molar-refractivity contribution in [2.45, 2.75) is 25.9 Å². The molecule has 3 rings (SSSR count). The molecule has 2 aromatic rings. The molecule has 0 aromatic heterocycles. The van der Waals surface area contributed by atoms with E-state index in [1.807, 2.05) is 49.4 Å². The van der Waals surface area contributed by atoms with Crippen molar-refractivity contribution in [1.82, 2.24) is 0 Å². The molecule has 0 N–H and O–H groups in total. The number of benzene rings is 2. The van der Waals surface area contributed by atoms with Crippen LogP contribution in [-0.2, 0) is 4.74 Å².